The quantitative estimate of drug-likeness (QED) is 0.481. The first-order chi connectivity index (χ1) is 7.45. The molecule has 1 aromatic rings. The largest absolute Gasteiger partial charge is 0.478 e. The Bertz CT molecular complexity index is 437. The van der Waals surface area contributed by atoms with Crippen LogP contribution in [0, 0.1) is 13.8 Å². The summed E-state index contributed by atoms with van der Waals surface area (Å²) in [5.41, 5.74) is 1.34. The predicted molar refractivity (Wildman–Crippen MR) is 58.7 cm³/mol. The van der Waals surface area contributed by atoms with Crippen LogP contribution in [-0.2, 0) is 4.79 Å². The molecule has 16 heavy (non-hydrogen) atoms. The van der Waals surface area contributed by atoms with Crippen LogP contribution in [0.3, 0.4) is 0 Å². The van der Waals surface area contributed by atoms with Crippen LogP contribution in [0.25, 0.3) is 0 Å². The fourth-order valence-electron chi connectivity index (χ4n) is 1.48. The van der Waals surface area contributed by atoms with E-state index in [2.05, 4.69) is 6.58 Å². The fraction of sp³-hybridized carbons (Fsp3) is 0.167. The van der Waals surface area contributed by atoms with Gasteiger partial charge in [0.25, 0.3) is 0 Å². The minimum absolute atomic E-state index is 0.235. The van der Waals surface area contributed by atoms with Crippen molar-refractivity contribution in [2.24, 2.45) is 0 Å². The Morgan fingerprint density at radius 1 is 1.31 bits per heavy atom. The molecule has 0 spiro atoms. The number of ether oxygens (including phenoxy) is 1. The number of benzene rings is 1. The van der Waals surface area contributed by atoms with Crippen LogP contribution in [0.15, 0.2) is 24.8 Å². The van der Waals surface area contributed by atoms with Crippen LogP contribution >= 0.6 is 0 Å². The van der Waals surface area contributed by atoms with Gasteiger partial charge in [-0.25, -0.2) is 9.59 Å². The first-order valence-corrected chi connectivity index (χ1v) is 4.64. The summed E-state index contributed by atoms with van der Waals surface area (Å²) in [6.45, 7) is 6.59. The number of hydrogen-bond donors (Lipinski definition) is 1. The molecule has 1 N–H and O–H groups in total. The molecular formula is C12H12O4. The van der Waals surface area contributed by atoms with Crippen molar-refractivity contribution in [1.29, 1.82) is 0 Å². The van der Waals surface area contributed by atoms with Crippen molar-refractivity contribution in [2.45, 2.75) is 13.8 Å². The summed E-state index contributed by atoms with van der Waals surface area (Å²) in [5.74, 6) is -1.23. The van der Waals surface area contributed by atoms with Gasteiger partial charge in [-0.2, -0.15) is 0 Å². The van der Waals surface area contributed by atoms with Gasteiger partial charge in [-0.05, 0) is 37.1 Å². The lowest BCUT2D eigenvalue weighted by Crippen LogP contribution is -2.07. The van der Waals surface area contributed by atoms with Crippen LogP contribution in [-0.4, -0.2) is 17.0 Å². The maximum absolute atomic E-state index is 11.0. The predicted octanol–water partition coefficient (Wildman–Crippen LogP) is 2.09. The molecule has 0 unspecified atom stereocenters. The van der Waals surface area contributed by atoms with Crippen LogP contribution in [0.2, 0.25) is 0 Å². The maximum atomic E-state index is 11.0. The Hall–Kier alpha value is -2.10. The third kappa shape index (κ3) is 2.48. The molecule has 0 aliphatic rings. The van der Waals surface area contributed by atoms with Crippen molar-refractivity contribution in [3.05, 3.63) is 41.5 Å². The molecule has 0 aliphatic heterocycles. The fourth-order valence-corrected chi connectivity index (χ4v) is 1.48. The molecule has 1 aromatic carbocycles. The second-order valence-electron chi connectivity index (χ2n) is 3.36. The molecule has 0 atom stereocenters. The molecule has 0 amide bonds. The van der Waals surface area contributed by atoms with Crippen LogP contribution in [0.1, 0.15) is 21.5 Å². The first-order valence-electron chi connectivity index (χ1n) is 4.64. The van der Waals surface area contributed by atoms with Gasteiger partial charge in [0.1, 0.15) is 5.75 Å². The summed E-state index contributed by atoms with van der Waals surface area (Å²) in [7, 11) is 0. The lowest BCUT2D eigenvalue weighted by atomic mass is 10.0. The number of carbonyl (C=O) groups is 2. The highest BCUT2D eigenvalue weighted by molar-refractivity contribution is 5.91. The van der Waals surface area contributed by atoms with Crippen LogP contribution in [0.5, 0.6) is 5.75 Å². The molecule has 84 valence electrons. The molecule has 0 saturated carbocycles. The molecular weight excluding hydrogens is 208 g/mol. The second-order valence-corrected chi connectivity index (χ2v) is 3.36. The summed E-state index contributed by atoms with van der Waals surface area (Å²) in [4.78, 5) is 21.9. The van der Waals surface area contributed by atoms with Gasteiger partial charge in [-0.15, -0.1) is 0 Å². The van der Waals surface area contributed by atoms with Gasteiger partial charge >= 0.3 is 11.9 Å². The van der Waals surface area contributed by atoms with Gasteiger partial charge in [-0.1, -0.05) is 6.58 Å². The molecule has 4 heteroatoms. The Morgan fingerprint density at radius 3 is 2.19 bits per heavy atom. The molecule has 0 fully saturated rings. The van der Waals surface area contributed by atoms with E-state index in [1.165, 1.54) is 12.1 Å². The minimum Gasteiger partial charge on any atom is -0.478 e. The van der Waals surface area contributed by atoms with E-state index in [1.807, 2.05) is 0 Å². The van der Waals surface area contributed by atoms with Gasteiger partial charge in [0.15, 0.2) is 0 Å². The standard InChI is InChI=1S/C12H12O4/c1-4-10(13)16-9-5-7(2)11(12(14)15)8(3)6-9/h4-6H,1H2,2-3H3,(H,14,15). The van der Waals surface area contributed by atoms with Crippen LogP contribution < -0.4 is 4.74 Å². The highest BCUT2D eigenvalue weighted by atomic mass is 16.5. The van der Waals surface area contributed by atoms with Crippen molar-refractivity contribution in [1.82, 2.24) is 0 Å². The Morgan fingerprint density at radius 2 is 1.81 bits per heavy atom. The Labute approximate surface area is 93.2 Å². The average molecular weight is 220 g/mol. The lowest BCUT2D eigenvalue weighted by Gasteiger charge is -2.08. The molecule has 4 nitrogen and oxygen atoms in total. The number of carboxylic acid groups (broad SMARTS) is 1. The number of aryl methyl sites for hydroxylation is 2. The molecule has 0 saturated heterocycles. The topological polar surface area (TPSA) is 63.6 Å². The van der Waals surface area contributed by atoms with Crippen molar-refractivity contribution >= 4 is 11.9 Å². The summed E-state index contributed by atoms with van der Waals surface area (Å²) >= 11 is 0. The third-order valence-electron chi connectivity index (χ3n) is 2.11. The SMILES string of the molecule is C=CC(=O)Oc1cc(C)c(C(=O)O)c(C)c1. The van der Waals surface area contributed by atoms with E-state index in [4.69, 9.17) is 9.84 Å². The Kier molecular flexibility index (Phi) is 3.45. The van der Waals surface area contributed by atoms with Gasteiger partial charge in [0.05, 0.1) is 5.56 Å². The molecule has 0 aliphatic carbocycles. The monoisotopic (exact) mass is 220 g/mol. The molecule has 0 radical (unpaired) electrons. The second kappa shape index (κ2) is 4.61. The number of carboxylic acids is 1. The molecule has 0 bridgehead atoms. The van der Waals surface area contributed by atoms with Crippen molar-refractivity contribution < 1.29 is 19.4 Å². The van der Waals surface area contributed by atoms with Gasteiger partial charge in [-0.3, -0.25) is 0 Å². The summed E-state index contributed by atoms with van der Waals surface area (Å²) in [6, 6.07) is 3.02. The van der Waals surface area contributed by atoms with Crippen molar-refractivity contribution in [2.75, 3.05) is 0 Å². The summed E-state index contributed by atoms with van der Waals surface area (Å²) in [6.07, 6.45) is 1.05. The van der Waals surface area contributed by atoms with Gasteiger partial charge in [0.2, 0.25) is 0 Å². The zero-order chi connectivity index (χ0) is 12.3. The summed E-state index contributed by atoms with van der Waals surface area (Å²) in [5, 5.41) is 8.94. The van der Waals surface area contributed by atoms with E-state index < -0.39 is 11.9 Å². The molecule has 1 rings (SSSR count). The first kappa shape index (κ1) is 12.0. The van der Waals surface area contributed by atoms with Crippen molar-refractivity contribution in [3.63, 3.8) is 0 Å². The van der Waals surface area contributed by atoms with Gasteiger partial charge in [0, 0.05) is 6.08 Å². The average Bonchev–Trinajstić information content (AvgIpc) is 2.15. The van der Waals surface area contributed by atoms with E-state index in [9.17, 15) is 9.59 Å². The number of rotatable bonds is 3. The highest BCUT2D eigenvalue weighted by Crippen LogP contribution is 2.22. The number of esters is 1. The smallest absolute Gasteiger partial charge is 0.336 e. The number of aromatic carboxylic acids is 1. The van der Waals surface area contributed by atoms with E-state index in [0.717, 1.165) is 6.08 Å². The van der Waals surface area contributed by atoms with Crippen molar-refractivity contribution in [3.8, 4) is 5.75 Å². The molecule has 0 heterocycles. The Balaban J connectivity index is 3.14. The van der Waals surface area contributed by atoms with Gasteiger partial charge < -0.3 is 9.84 Å². The van der Waals surface area contributed by atoms with E-state index in [1.54, 1.807) is 13.8 Å². The normalized spacial score (nSPS) is 9.62. The number of carbonyl (C=O) groups excluding carboxylic acids is 1. The van der Waals surface area contributed by atoms with Crippen LogP contribution in [0.4, 0.5) is 0 Å². The lowest BCUT2D eigenvalue weighted by molar-refractivity contribution is -0.128. The third-order valence-corrected chi connectivity index (χ3v) is 2.11. The zero-order valence-electron chi connectivity index (χ0n) is 9.11. The highest BCUT2D eigenvalue weighted by Gasteiger charge is 2.13. The minimum atomic E-state index is -0.989. The molecule has 0 aromatic heterocycles. The van der Waals surface area contributed by atoms with E-state index >= 15 is 0 Å². The maximum Gasteiger partial charge on any atom is 0.336 e. The van der Waals surface area contributed by atoms with E-state index in [0.29, 0.717) is 16.9 Å². The summed E-state index contributed by atoms with van der Waals surface area (Å²) < 4.78 is 4.91. The zero-order valence-corrected chi connectivity index (χ0v) is 9.11. The van der Waals surface area contributed by atoms with E-state index in [-0.39, 0.29) is 5.56 Å². The number of hydrogen-bond acceptors (Lipinski definition) is 3.